The summed E-state index contributed by atoms with van der Waals surface area (Å²) in [6.45, 7) is 0. The fourth-order valence-corrected chi connectivity index (χ4v) is 3.24. The molecular weight excluding hydrogens is 242 g/mol. The molecule has 0 aliphatic heterocycles. The van der Waals surface area contributed by atoms with Crippen molar-refractivity contribution < 1.29 is 10.4 Å². The van der Waals surface area contributed by atoms with Gasteiger partial charge in [-0.1, -0.05) is 43.7 Å². The van der Waals surface area contributed by atoms with E-state index in [4.69, 9.17) is 0 Å². The molecule has 108 valence electrons. The molecule has 0 atom stereocenters. The molecule has 2 rings (SSSR count). The van der Waals surface area contributed by atoms with Crippen molar-refractivity contribution >= 4 is 11.5 Å². The fraction of sp³-hybridized carbons (Fsp3) is 0.857. The zero-order valence-electron chi connectivity index (χ0n) is 11.5. The van der Waals surface area contributed by atoms with Crippen molar-refractivity contribution in [2.45, 2.75) is 70.3 Å². The molecule has 5 heteroatoms. The highest BCUT2D eigenvalue weighted by Gasteiger charge is 2.25. The monoisotopic (exact) mass is 267 g/mol. The Bertz CT molecular complexity index is 330. The van der Waals surface area contributed by atoms with Gasteiger partial charge in [-0.3, -0.25) is 15.7 Å². The molecule has 2 aliphatic carbocycles. The fourth-order valence-electron chi connectivity index (χ4n) is 3.24. The van der Waals surface area contributed by atoms with Gasteiger partial charge in [0.05, 0.1) is 6.04 Å². The van der Waals surface area contributed by atoms with E-state index in [1.54, 1.807) is 0 Å². The first kappa shape index (κ1) is 14.3. The second-order valence-electron chi connectivity index (χ2n) is 5.70. The van der Waals surface area contributed by atoms with Crippen LogP contribution in [0.2, 0.25) is 0 Å². The normalized spacial score (nSPS) is 24.5. The van der Waals surface area contributed by atoms with Crippen LogP contribution >= 0.6 is 0 Å². The Kier molecular flexibility index (Phi) is 5.63. The molecule has 0 spiro atoms. The van der Waals surface area contributed by atoms with Gasteiger partial charge in [-0.05, 0) is 25.7 Å². The van der Waals surface area contributed by atoms with Crippen LogP contribution < -0.4 is 5.48 Å². The molecule has 2 saturated carbocycles. The molecule has 0 bridgehead atoms. The third-order valence-corrected chi connectivity index (χ3v) is 4.33. The van der Waals surface area contributed by atoms with E-state index in [2.05, 4.69) is 15.6 Å². The summed E-state index contributed by atoms with van der Waals surface area (Å²) >= 11 is 0. The minimum atomic E-state index is 0.223. The molecule has 0 unspecified atom stereocenters. The number of rotatable bonds is 3. The molecule has 0 heterocycles. The first-order chi connectivity index (χ1) is 9.35. The Hall–Kier alpha value is -1.10. The lowest BCUT2D eigenvalue weighted by atomic mass is 9.85. The van der Waals surface area contributed by atoms with Gasteiger partial charge in [0.25, 0.3) is 0 Å². The van der Waals surface area contributed by atoms with Crippen molar-refractivity contribution in [3.63, 3.8) is 0 Å². The highest BCUT2D eigenvalue weighted by Crippen LogP contribution is 2.26. The quantitative estimate of drug-likeness (QED) is 0.318. The van der Waals surface area contributed by atoms with Gasteiger partial charge in [-0.15, -0.1) is 0 Å². The minimum Gasteiger partial charge on any atom is -0.411 e. The molecule has 0 amide bonds. The Labute approximate surface area is 114 Å². The van der Waals surface area contributed by atoms with Crippen LogP contribution in [0, 0.1) is 5.92 Å². The molecule has 0 radical (unpaired) electrons. The van der Waals surface area contributed by atoms with Crippen LogP contribution in [-0.2, 0) is 0 Å². The van der Waals surface area contributed by atoms with Crippen molar-refractivity contribution in [1.29, 1.82) is 0 Å². The Morgan fingerprint density at radius 3 is 2.00 bits per heavy atom. The number of amidine groups is 1. The van der Waals surface area contributed by atoms with E-state index in [0.29, 0.717) is 11.5 Å². The van der Waals surface area contributed by atoms with E-state index in [0.717, 1.165) is 38.5 Å². The Morgan fingerprint density at radius 2 is 1.47 bits per heavy atom. The number of aliphatic imine (C=N–C) groups is 1. The summed E-state index contributed by atoms with van der Waals surface area (Å²) in [6.07, 6.45) is 11.4. The van der Waals surface area contributed by atoms with Crippen LogP contribution in [0.4, 0.5) is 0 Å². The number of hydroxylamine groups is 1. The third kappa shape index (κ3) is 3.93. The largest absolute Gasteiger partial charge is 0.411 e. The Morgan fingerprint density at radius 1 is 0.895 bits per heavy atom. The first-order valence-corrected chi connectivity index (χ1v) is 7.55. The van der Waals surface area contributed by atoms with Crippen LogP contribution in [0.25, 0.3) is 0 Å². The topological polar surface area (TPSA) is 77.2 Å². The summed E-state index contributed by atoms with van der Waals surface area (Å²) in [5, 5.41) is 22.0. The molecule has 0 saturated heterocycles. The highest BCUT2D eigenvalue weighted by atomic mass is 16.5. The third-order valence-electron chi connectivity index (χ3n) is 4.33. The van der Waals surface area contributed by atoms with Gasteiger partial charge in [0.15, 0.2) is 5.84 Å². The van der Waals surface area contributed by atoms with E-state index in [1.165, 1.54) is 25.7 Å². The second kappa shape index (κ2) is 7.48. The summed E-state index contributed by atoms with van der Waals surface area (Å²) in [4.78, 5) is 4.57. The predicted molar refractivity (Wildman–Crippen MR) is 75.0 cm³/mol. The summed E-state index contributed by atoms with van der Waals surface area (Å²) < 4.78 is 0. The van der Waals surface area contributed by atoms with Crippen LogP contribution in [0.15, 0.2) is 10.1 Å². The van der Waals surface area contributed by atoms with Crippen molar-refractivity contribution in [2.24, 2.45) is 16.1 Å². The lowest BCUT2D eigenvalue weighted by molar-refractivity contribution is 0.233. The van der Waals surface area contributed by atoms with Crippen LogP contribution in [-0.4, -0.2) is 28.0 Å². The SMILES string of the molecule is O/N=C(/C(=NC1CCCCC1)NO)C1CCCCC1. The maximum atomic E-state index is 9.32. The average molecular weight is 267 g/mol. The van der Waals surface area contributed by atoms with E-state index in [9.17, 15) is 10.4 Å². The zero-order chi connectivity index (χ0) is 13.5. The molecule has 19 heavy (non-hydrogen) atoms. The molecule has 3 N–H and O–H groups in total. The van der Waals surface area contributed by atoms with Crippen LogP contribution in [0.3, 0.4) is 0 Å². The number of hydrogen-bond acceptors (Lipinski definition) is 4. The van der Waals surface area contributed by atoms with E-state index in [1.807, 2.05) is 0 Å². The summed E-state index contributed by atoms with van der Waals surface area (Å²) in [7, 11) is 0. The van der Waals surface area contributed by atoms with Crippen molar-refractivity contribution in [3.05, 3.63) is 0 Å². The highest BCUT2D eigenvalue weighted by molar-refractivity contribution is 6.41. The van der Waals surface area contributed by atoms with Gasteiger partial charge < -0.3 is 5.21 Å². The van der Waals surface area contributed by atoms with Crippen molar-refractivity contribution in [2.75, 3.05) is 0 Å². The number of nitrogens with one attached hydrogen (secondary N) is 1. The van der Waals surface area contributed by atoms with E-state index >= 15 is 0 Å². The number of hydrogen-bond donors (Lipinski definition) is 3. The predicted octanol–water partition coefficient (Wildman–Crippen LogP) is 3.11. The molecule has 2 fully saturated rings. The summed E-state index contributed by atoms with van der Waals surface area (Å²) in [5.74, 6) is 0.599. The van der Waals surface area contributed by atoms with Crippen LogP contribution in [0.5, 0.6) is 0 Å². The van der Waals surface area contributed by atoms with Gasteiger partial charge in [-0.25, -0.2) is 0 Å². The number of oxime groups is 1. The molecule has 5 nitrogen and oxygen atoms in total. The summed E-state index contributed by atoms with van der Waals surface area (Å²) in [5.41, 5.74) is 2.69. The smallest absolute Gasteiger partial charge is 0.170 e. The van der Waals surface area contributed by atoms with E-state index < -0.39 is 0 Å². The summed E-state index contributed by atoms with van der Waals surface area (Å²) in [6, 6.07) is 0.253. The van der Waals surface area contributed by atoms with Gasteiger partial charge in [0, 0.05) is 5.92 Å². The van der Waals surface area contributed by atoms with E-state index in [-0.39, 0.29) is 12.0 Å². The molecule has 0 aromatic heterocycles. The Balaban J connectivity index is 2.06. The maximum absolute atomic E-state index is 9.32. The van der Waals surface area contributed by atoms with Crippen LogP contribution in [0.1, 0.15) is 64.2 Å². The molecule has 0 aromatic rings. The zero-order valence-corrected chi connectivity index (χ0v) is 11.5. The number of nitrogens with zero attached hydrogens (tertiary/aromatic N) is 2. The molecule has 2 aliphatic rings. The minimum absolute atomic E-state index is 0.223. The first-order valence-electron chi connectivity index (χ1n) is 7.55. The van der Waals surface area contributed by atoms with Crippen molar-refractivity contribution in [3.8, 4) is 0 Å². The van der Waals surface area contributed by atoms with Gasteiger partial charge in [0.2, 0.25) is 0 Å². The lowest BCUT2D eigenvalue weighted by Gasteiger charge is -2.24. The maximum Gasteiger partial charge on any atom is 0.170 e. The van der Waals surface area contributed by atoms with Gasteiger partial charge in [-0.2, -0.15) is 0 Å². The molecule has 0 aromatic carbocycles. The van der Waals surface area contributed by atoms with Gasteiger partial charge >= 0.3 is 0 Å². The average Bonchev–Trinajstić information content (AvgIpc) is 2.49. The van der Waals surface area contributed by atoms with Gasteiger partial charge in [0.1, 0.15) is 5.71 Å². The second-order valence-corrected chi connectivity index (χ2v) is 5.70. The standard InChI is InChI=1S/C14H25N3O2/c18-16-13(11-7-3-1-4-8-11)14(17-19)15-12-9-5-2-6-10-12/h11-12,18-19H,1-10H2,(H,15,17)/b16-13+. The molecular formula is C14H25N3O2. The van der Waals surface area contributed by atoms with Crippen molar-refractivity contribution in [1.82, 2.24) is 5.48 Å². The lowest BCUT2D eigenvalue weighted by Crippen LogP contribution is -2.36.